The molecule has 0 aromatic carbocycles. The molecule has 7 heteroatoms. The molecule has 0 amide bonds. The van der Waals surface area contributed by atoms with Gasteiger partial charge in [-0.25, -0.2) is 13.1 Å². The van der Waals surface area contributed by atoms with Gasteiger partial charge in [-0.15, -0.1) is 11.3 Å². The first-order valence-corrected chi connectivity index (χ1v) is 7.99. The van der Waals surface area contributed by atoms with Crippen LogP contribution in [0.15, 0.2) is 35.5 Å². The number of nitrogens with zero attached hydrogens (tertiary/aromatic N) is 1. The molecule has 0 aliphatic carbocycles. The van der Waals surface area contributed by atoms with Gasteiger partial charge in [-0.1, -0.05) is 0 Å². The molecule has 0 bridgehead atoms. The molecule has 0 saturated carbocycles. The van der Waals surface area contributed by atoms with Crippen molar-refractivity contribution in [1.29, 1.82) is 0 Å². The standard InChI is InChI=1S/C12H15N3O2S2/c1-9-3-4-10(18-9)7-15-19(16,17)12-8-14-6-5-11(12)13-2/h3-6,8,15H,7H2,1-2H3,(H,13,14). The van der Waals surface area contributed by atoms with Crippen molar-refractivity contribution in [2.75, 3.05) is 12.4 Å². The predicted molar refractivity (Wildman–Crippen MR) is 76.9 cm³/mol. The second kappa shape index (κ2) is 5.68. The molecule has 0 saturated heterocycles. The maximum Gasteiger partial charge on any atom is 0.244 e. The highest BCUT2D eigenvalue weighted by atomic mass is 32.2. The van der Waals surface area contributed by atoms with Gasteiger partial charge in [0.1, 0.15) is 4.90 Å². The minimum absolute atomic E-state index is 0.158. The molecule has 0 radical (unpaired) electrons. The van der Waals surface area contributed by atoms with Crippen molar-refractivity contribution in [1.82, 2.24) is 9.71 Å². The third-order valence-electron chi connectivity index (χ3n) is 2.58. The van der Waals surface area contributed by atoms with Crippen LogP contribution in [-0.4, -0.2) is 20.4 Å². The Bertz CT molecular complexity index is 665. The van der Waals surface area contributed by atoms with Gasteiger partial charge in [-0.2, -0.15) is 0 Å². The molecule has 5 nitrogen and oxygen atoms in total. The fourth-order valence-corrected chi connectivity index (χ4v) is 3.71. The molecule has 0 aliphatic rings. The van der Waals surface area contributed by atoms with Gasteiger partial charge in [-0.3, -0.25) is 4.98 Å². The van der Waals surface area contributed by atoms with Gasteiger partial charge < -0.3 is 5.32 Å². The van der Waals surface area contributed by atoms with Crippen LogP contribution >= 0.6 is 11.3 Å². The molecule has 0 atom stereocenters. The molecule has 0 aliphatic heterocycles. The molecule has 102 valence electrons. The number of sulfonamides is 1. The topological polar surface area (TPSA) is 71.1 Å². The van der Waals surface area contributed by atoms with Crippen LogP contribution in [-0.2, 0) is 16.6 Å². The Morgan fingerprint density at radius 2 is 2.11 bits per heavy atom. The molecular weight excluding hydrogens is 282 g/mol. The molecule has 2 rings (SSSR count). The number of anilines is 1. The SMILES string of the molecule is CNc1ccncc1S(=O)(=O)NCc1ccc(C)s1. The van der Waals surface area contributed by atoms with E-state index in [1.165, 1.54) is 6.20 Å². The van der Waals surface area contributed by atoms with E-state index in [0.29, 0.717) is 12.2 Å². The van der Waals surface area contributed by atoms with Crippen LogP contribution in [0.3, 0.4) is 0 Å². The highest BCUT2D eigenvalue weighted by Gasteiger charge is 2.18. The van der Waals surface area contributed by atoms with Crippen LogP contribution in [0.2, 0.25) is 0 Å². The van der Waals surface area contributed by atoms with Crippen LogP contribution in [0.5, 0.6) is 0 Å². The van der Waals surface area contributed by atoms with E-state index >= 15 is 0 Å². The molecule has 2 N–H and O–H groups in total. The lowest BCUT2D eigenvalue weighted by Crippen LogP contribution is -2.23. The fourth-order valence-electron chi connectivity index (χ4n) is 1.62. The Morgan fingerprint density at radius 3 is 2.74 bits per heavy atom. The number of thiophene rings is 1. The van der Waals surface area contributed by atoms with E-state index in [0.717, 1.165) is 9.75 Å². The fraction of sp³-hybridized carbons (Fsp3) is 0.250. The summed E-state index contributed by atoms with van der Waals surface area (Å²) >= 11 is 1.58. The first-order valence-electron chi connectivity index (χ1n) is 5.69. The van der Waals surface area contributed by atoms with E-state index in [4.69, 9.17) is 0 Å². The lowest BCUT2D eigenvalue weighted by molar-refractivity contribution is 0.581. The van der Waals surface area contributed by atoms with Crippen LogP contribution in [0.1, 0.15) is 9.75 Å². The first kappa shape index (κ1) is 14.0. The Hall–Kier alpha value is -1.44. The zero-order valence-corrected chi connectivity index (χ0v) is 12.3. The van der Waals surface area contributed by atoms with Crippen molar-refractivity contribution in [3.05, 3.63) is 40.3 Å². The van der Waals surface area contributed by atoms with Gasteiger partial charge in [0.2, 0.25) is 10.0 Å². The minimum atomic E-state index is -3.56. The summed E-state index contributed by atoms with van der Waals surface area (Å²) in [7, 11) is -1.88. The zero-order valence-electron chi connectivity index (χ0n) is 10.7. The van der Waals surface area contributed by atoms with Gasteiger partial charge in [0.15, 0.2) is 0 Å². The molecule has 2 aromatic rings. The van der Waals surface area contributed by atoms with E-state index in [-0.39, 0.29) is 4.90 Å². The molecule has 19 heavy (non-hydrogen) atoms. The number of rotatable bonds is 5. The summed E-state index contributed by atoms with van der Waals surface area (Å²) in [5.41, 5.74) is 0.532. The predicted octanol–water partition coefficient (Wildman–Crippen LogP) is 1.97. The van der Waals surface area contributed by atoms with Gasteiger partial charge in [-0.05, 0) is 25.1 Å². The van der Waals surface area contributed by atoms with Gasteiger partial charge in [0, 0.05) is 35.7 Å². The number of aryl methyl sites for hydroxylation is 1. The molecule has 0 fully saturated rings. The van der Waals surface area contributed by atoms with Crippen molar-refractivity contribution in [2.45, 2.75) is 18.4 Å². The maximum absolute atomic E-state index is 12.2. The summed E-state index contributed by atoms with van der Waals surface area (Å²) in [6, 6.07) is 5.52. The molecular formula is C12H15N3O2S2. The third kappa shape index (κ3) is 3.31. The van der Waals surface area contributed by atoms with Gasteiger partial charge in [0.25, 0.3) is 0 Å². The molecule has 0 unspecified atom stereocenters. The van der Waals surface area contributed by atoms with Crippen LogP contribution in [0, 0.1) is 6.92 Å². The van der Waals surface area contributed by atoms with Gasteiger partial charge >= 0.3 is 0 Å². The smallest absolute Gasteiger partial charge is 0.244 e. The Kier molecular flexibility index (Phi) is 4.18. The van der Waals surface area contributed by atoms with E-state index < -0.39 is 10.0 Å². The Morgan fingerprint density at radius 1 is 1.32 bits per heavy atom. The number of hydrogen-bond donors (Lipinski definition) is 2. The summed E-state index contributed by atoms with van der Waals surface area (Å²) in [6.07, 6.45) is 2.89. The summed E-state index contributed by atoms with van der Waals surface area (Å²) in [5.74, 6) is 0. The monoisotopic (exact) mass is 297 g/mol. The number of hydrogen-bond acceptors (Lipinski definition) is 5. The van der Waals surface area contributed by atoms with Crippen molar-refractivity contribution in [3.8, 4) is 0 Å². The van der Waals surface area contributed by atoms with Crippen molar-refractivity contribution >= 4 is 27.0 Å². The molecule has 2 aromatic heterocycles. The summed E-state index contributed by atoms with van der Waals surface area (Å²) in [6.45, 7) is 2.28. The second-order valence-corrected chi connectivity index (χ2v) is 7.07. The highest BCUT2D eigenvalue weighted by Crippen LogP contribution is 2.20. The quantitative estimate of drug-likeness (QED) is 0.885. The average molecular weight is 297 g/mol. The lowest BCUT2D eigenvalue weighted by Gasteiger charge is -2.09. The summed E-state index contributed by atoms with van der Waals surface area (Å²) in [5, 5.41) is 2.85. The summed E-state index contributed by atoms with van der Waals surface area (Å²) in [4.78, 5) is 6.16. The molecule has 2 heterocycles. The van der Waals surface area contributed by atoms with E-state index in [1.54, 1.807) is 30.6 Å². The minimum Gasteiger partial charge on any atom is -0.387 e. The number of pyridine rings is 1. The van der Waals surface area contributed by atoms with Crippen molar-refractivity contribution in [2.24, 2.45) is 0 Å². The molecule has 0 spiro atoms. The van der Waals surface area contributed by atoms with E-state index in [1.807, 2.05) is 19.1 Å². The van der Waals surface area contributed by atoms with Crippen molar-refractivity contribution in [3.63, 3.8) is 0 Å². The Balaban J connectivity index is 2.18. The number of nitrogens with one attached hydrogen (secondary N) is 2. The average Bonchev–Trinajstić information content (AvgIpc) is 2.82. The maximum atomic E-state index is 12.2. The number of aromatic nitrogens is 1. The van der Waals surface area contributed by atoms with Crippen LogP contribution < -0.4 is 10.0 Å². The van der Waals surface area contributed by atoms with Crippen LogP contribution in [0.4, 0.5) is 5.69 Å². The lowest BCUT2D eigenvalue weighted by atomic mass is 10.4. The first-order chi connectivity index (χ1) is 9.03. The largest absolute Gasteiger partial charge is 0.387 e. The van der Waals surface area contributed by atoms with E-state index in [9.17, 15) is 8.42 Å². The second-order valence-electron chi connectivity index (χ2n) is 3.96. The van der Waals surface area contributed by atoms with Crippen molar-refractivity contribution < 1.29 is 8.42 Å². The van der Waals surface area contributed by atoms with Crippen LogP contribution in [0.25, 0.3) is 0 Å². The normalized spacial score (nSPS) is 11.5. The highest BCUT2D eigenvalue weighted by molar-refractivity contribution is 7.89. The summed E-state index contributed by atoms with van der Waals surface area (Å²) < 4.78 is 27.0. The Labute approximate surface area is 116 Å². The zero-order chi connectivity index (χ0) is 13.9. The van der Waals surface area contributed by atoms with E-state index in [2.05, 4.69) is 15.0 Å². The van der Waals surface area contributed by atoms with Gasteiger partial charge in [0.05, 0.1) is 5.69 Å². The third-order valence-corrected chi connectivity index (χ3v) is 5.01.